The van der Waals surface area contributed by atoms with Gasteiger partial charge >= 0.3 is 11.9 Å². The zero-order chi connectivity index (χ0) is 19.3. The summed E-state index contributed by atoms with van der Waals surface area (Å²) in [5, 5.41) is 18.5. The largest absolute Gasteiger partial charge is 0.480 e. The molecule has 24 heavy (non-hydrogen) atoms. The predicted octanol–water partition coefficient (Wildman–Crippen LogP) is 0.561. The number of carbonyl (C=O) groups is 4. The lowest BCUT2D eigenvalue weighted by Crippen LogP contribution is -2.57. The van der Waals surface area contributed by atoms with Crippen LogP contribution in [0.5, 0.6) is 0 Å². The molecule has 8 nitrogen and oxygen atoms in total. The molecule has 0 aromatic heterocycles. The molecular weight excluding hydrogens is 316 g/mol. The number of hydrogen-bond donors (Lipinski definition) is 4. The zero-order valence-electron chi connectivity index (χ0n) is 14.7. The molecule has 0 fully saturated rings. The maximum Gasteiger partial charge on any atom is 0.331 e. The highest BCUT2D eigenvalue weighted by Crippen LogP contribution is 2.22. The van der Waals surface area contributed by atoms with Crippen molar-refractivity contribution in [2.24, 2.45) is 23.3 Å². The Morgan fingerprint density at radius 1 is 0.750 bits per heavy atom. The monoisotopic (exact) mass is 344 g/mol. The van der Waals surface area contributed by atoms with Gasteiger partial charge in [0, 0.05) is 12.8 Å². The van der Waals surface area contributed by atoms with Crippen molar-refractivity contribution in [1.82, 2.24) is 0 Å². The molecule has 138 valence electrons. The second-order valence-corrected chi connectivity index (χ2v) is 7.10. The molecule has 0 heterocycles. The second kappa shape index (κ2) is 8.34. The van der Waals surface area contributed by atoms with Crippen molar-refractivity contribution in [2.45, 2.75) is 64.5 Å². The third kappa shape index (κ3) is 5.38. The van der Waals surface area contributed by atoms with E-state index in [1.807, 2.05) is 0 Å². The minimum atomic E-state index is -2.09. The Morgan fingerprint density at radius 3 is 1.17 bits per heavy atom. The van der Waals surface area contributed by atoms with Crippen LogP contribution in [0, 0.1) is 11.8 Å². The smallest absolute Gasteiger partial charge is 0.331 e. The van der Waals surface area contributed by atoms with E-state index >= 15 is 0 Å². The summed E-state index contributed by atoms with van der Waals surface area (Å²) in [6, 6.07) is 0. The van der Waals surface area contributed by atoms with Gasteiger partial charge < -0.3 is 21.7 Å². The summed E-state index contributed by atoms with van der Waals surface area (Å²) >= 11 is 0. The van der Waals surface area contributed by atoms with Gasteiger partial charge in [0.2, 0.25) is 0 Å². The highest BCUT2D eigenvalue weighted by molar-refractivity contribution is 6.11. The Hall–Kier alpha value is -1.80. The molecule has 0 unspecified atom stereocenters. The molecule has 0 aromatic rings. The van der Waals surface area contributed by atoms with Gasteiger partial charge in [0.1, 0.15) is 0 Å². The third-order valence-electron chi connectivity index (χ3n) is 3.80. The van der Waals surface area contributed by atoms with Crippen LogP contribution in [0.2, 0.25) is 0 Å². The maximum absolute atomic E-state index is 12.2. The number of carboxylic acid groups (broad SMARTS) is 2. The highest BCUT2D eigenvalue weighted by atomic mass is 16.4. The van der Waals surface area contributed by atoms with Crippen LogP contribution in [0.1, 0.15) is 53.4 Å². The Kier molecular flexibility index (Phi) is 7.72. The Balaban J connectivity index is 5.15. The molecule has 0 bridgehead atoms. The van der Waals surface area contributed by atoms with Crippen molar-refractivity contribution < 1.29 is 29.4 Å². The van der Waals surface area contributed by atoms with Crippen molar-refractivity contribution in [3.8, 4) is 0 Å². The van der Waals surface area contributed by atoms with Crippen molar-refractivity contribution in [3.05, 3.63) is 0 Å². The first-order valence-electron chi connectivity index (χ1n) is 7.88. The molecule has 8 heteroatoms. The summed E-state index contributed by atoms with van der Waals surface area (Å²) in [7, 11) is 0. The van der Waals surface area contributed by atoms with Gasteiger partial charge in [-0.15, -0.1) is 0 Å². The van der Waals surface area contributed by atoms with Gasteiger partial charge in [0.05, 0.1) is 0 Å². The van der Waals surface area contributed by atoms with Crippen LogP contribution in [-0.4, -0.2) is 44.8 Å². The molecule has 6 N–H and O–H groups in total. The molecule has 0 spiro atoms. The Bertz CT molecular complexity index is 471. The molecule has 0 saturated heterocycles. The first-order chi connectivity index (χ1) is 10.8. The van der Waals surface area contributed by atoms with Gasteiger partial charge in [-0.05, 0) is 24.7 Å². The number of aliphatic carboxylic acids is 2. The number of nitrogens with two attached hydrogens (primary N) is 2. The summed E-state index contributed by atoms with van der Waals surface area (Å²) in [6.07, 6.45) is -1.07. The Labute approximate surface area is 141 Å². The van der Waals surface area contributed by atoms with Gasteiger partial charge in [-0.3, -0.25) is 9.59 Å². The fourth-order valence-electron chi connectivity index (χ4n) is 2.60. The van der Waals surface area contributed by atoms with E-state index in [2.05, 4.69) is 0 Å². The third-order valence-corrected chi connectivity index (χ3v) is 3.80. The quantitative estimate of drug-likeness (QED) is 0.395. The van der Waals surface area contributed by atoms with E-state index < -0.39 is 47.4 Å². The molecule has 0 aliphatic rings. The first kappa shape index (κ1) is 22.2. The molecule has 0 rings (SSSR count). The average Bonchev–Trinajstić information content (AvgIpc) is 2.41. The molecule has 0 aliphatic carbocycles. The van der Waals surface area contributed by atoms with Gasteiger partial charge in [0.25, 0.3) is 0 Å². The minimum Gasteiger partial charge on any atom is -0.480 e. The summed E-state index contributed by atoms with van der Waals surface area (Å²) in [5.41, 5.74) is 7.25. The van der Waals surface area contributed by atoms with E-state index in [1.54, 1.807) is 27.7 Å². The van der Waals surface area contributed by atoms with E-state index in [-0.39, 0.29) is 24.7 Å². The van der Waals surface area contributed by atoms with Crippen LogP contribution in [-0.2, 0) is 19.2 Å². The van der Waals surface area contributed by atoms with Gasteiger partial charge in [0.15, 0.2) is 22.6 Å². The molecule has 0 aromatic carbocycles. The van der Waals surface area contributed by atoms with Crippen molar-refractivity contribution >= 4 is 23.5 Å². The number of rotatable bonds is 11. The lowest BCUT2D eigenvalue weighted by Gasteiger charge is -2.27. The highest BCUT2D eigenvalue weighted by Gasteiger charge is 2.45. The fraction of sp³-hybridized carbons (Fsp3) is 0.750. The van der Waals surface area contributed by atoms with Crippen LogP contribution in [0.4, 0.5) is 0 Å². The number of carbonyl (C=O) groups excluding carboxylic acids is 2. The molecule has 0 amide bonds. The van der Waals surface area contributed by atoms with Crippen LogP contribution in [0.3, 0.4) is 0 Å². The number of carboxylic acids is 2. The van der Waals surface area contributed by atoms with E-state index in [0.717, 1.165) is 0 Å². The lowest BCUT2D eigenvalue weighted by atomic mass is 9.80. The molecule has 0 aliphatic heterocycles. The number of Topliss-reactive ketones (excluding diaryl/α,β-unsaturated/α-hetero) is 2. The number of ketones is 2. The van der Waals surface area contributed by atoms with Crippen molar-refractivity contribution in [3.63, 3.8) is 0 Å². The van der Waals surface area contributed by atoms with Gasteiger partial charge in [-0.2, -0.15) is 0 Å². The molecule has 0 saturated carbocycles. The summed E-state index contributed by atoms with van der Waals surface area (Å²) < 4.78 is 0. The molecule has 0 radical (unpaired) electrons. The first-order valence-corrected chi connectivity index (χ1v) is 7.88. The van der Waals surface area contributed by atoms with Crippen molar-refractivity contribution in [2.75, 3.05) is 0 Å². The SMILES string of the molecule is CC(C)C[C@@](N)(C(=O)O)C(=O)CCC(=O)[C@@](N)(CC(C)C)C(=O)O. The summed E-state index contributed by atoms with van der Waals surface area (Å²) in [4.78, 5) is 47.1. The van der Waals surface area contributed by atoms with Gasteiger partial charge in [-0.25, -0.2) is 9.59 Å². The fourth-order valence-corrected chi connectivity index (χ4v) is 2.60. The average molecular weight is 344 g/mol. The maximum atomic E-state index is 12.2. The van der Waals surface area contributed by atoms with Crippen LogP contribution in [0.25, 0.3) is 0 Å². The molecule has 2 atom stereocenters. The van der Waals surface area contributed by atoms with E-state index in [1.165, 1.54) is 0 Å². The minimum absolute atomic E-state index is 0.0753. The number of hydrogen-bond acceptors (Lipinski definition) is 6. The van der Waals surface area contributed by atoms with Gasteiger partial charge in [-0.1, -0.05) is 27.7 Å². The van der Waals surface area contributed by atoms with Crippen LogP contribution in [0.15, 0.2) is 0 Å². The second-order valence-electron chi connectivity index (χ2n) is 7.10. The lowest BCUT2D eigenvalue weighted by molar-refractivity contribution is -0.152. The van der Waals surface area contributed by atoms with Crippen LogP contribution >= 0.6 is 0 Å². The summed E-state index contributed by atoms with van der Waals surface area (Å²) in [6.45, 7) is 6.89. The van der Waals surface area contributed by atoms with E-state index in [9.17, 15) is 29.4 Å². The molecular formula is C16H28N2O6. The van der Waals surface area contributed by atoms with E-state index in [0.29, 0.717) is 0 Å². The zero-order valence-corrected chi connectivity index (χ0v) is 14.7. The van der Waals surface area contributed by atoms with E-state index in [4.69, 9.17) is 11.5 Å². The predicted molar refractivity (Wildman–Crippen MR) is 87.3 cm³/mol. The normalized spacial score (nSPS) is 16.5. The van der Waals surface area contributed by atoms with Crippen molar-refractivity contribution in [1.29, 1.82) is 0 Å². The topological polar surface area (TPSA) is 161 Å². The standard InChI is InChI=1S/C16H28N2O6/c1-9(2)7-15(17,13(21)22)11(19)5-6-12(20)16(18,14(23)24)8-10(3)4/h9-10H,5-8,17-18H2,1-4H3,(H,21,22)(H,23,24)/t15-,16-/m0/s1. The summed E-state index contributed by atoms with van der Waals surface area (Å²) in [5.74, 6) is -4.83. The Morgan fingerprint density at radius 2 is 1.00 bits per heavy atom. The van der Waals surface area contributed by atoms with Crippen LogP contribution < -0.4 is 11.5 Å².